The van der Waals surface area contributed by atoms with Crippen molar-refractivity contribution < 1.29 is 14.3 Å². The smallest absolute Gasteiger partial charge is 0.234 e. The number of hydrogen-bond acceptors (Lipinski definition) is 5. The van der Waals surface area contributed by atoms with Crippen LogP contribution in [0, 0.1) is 18.3 Å². The second kappa shape index (κ2) is 10.5. The molecule has 2 aromatic rings. The fraction of sp³-hybridized carbons (Fsp3) is 0.261. The van der Waals surface area contributed by atoms with Gasteiger partial charge in [0.2, 0.25) is 11.8 Å². The number of nitriles is 1. The van der Waals surface area contributed by atoms with Crippen molar-refractivity contribution in [2.24, 2.45) is 0 Å². The number of halogens is 1. The van der Waals surface area contributed by atoms with Crippen molar-refractivity contribution in [1.29, 1.82) is 5.26 Å². The average Bonchev–Trinajstić information content (AvgIpc) is 2.75. The summed E-state index contributed by atoms with van der Waals surface area (Å²) in [7, 11) is 0. The number of ether oxygens (including phenoxy) is 1. The molecule has 0 fully saturated rings. The summed E-state index contributed by atoms with van der Waals surface area (Å²) >= 11 is 4.59. The van der Waals surface area contributed by atoms with Crippen molar-refractivity contribution in [2.45, 2.75) is 26.2 Å². The molecule has 3 rings (SSSR count). The van der Waals surface area contributed by atoms with Gasteiger partial charge in [-0.15, -0.1) is 0 Å². The molecule has 0 unspecified atom stereocenters. The van der Waals surface area contributed by atoms with Crippen LogP contribution in [0.1, 0.15) is 30.4 Å². The molecule has 31 heavy (non-hydrogen) atoms. The summed E-state index contributed by atoms with van der Waals surface area (Å²) in [5, 5.41) is 15.8. The van der Waals surface area contributed by atoms with Gasteiger partial charge in [0.1, 0.15) is 5.75 Å². The summed E-state index contributed by atoms with van der Waals surface area (Å²) in [4.78, 5) is 24.7. The molecule has 0 saturated carbocycles. The number of rotatable bonds is 7. The zero-order valence-corrected chi connectivity index (χ0v) is 19.6. The van der Waals surface area contributed by atoms with E-state index in [9.17, 15) is 14.9 Å². The number of carbonyl (C=O) groups is 2. The fourth-order valence-corrected chi connectivity index (χ4v) is 4.36. The van der Waals surface area contributed by atoms with Gasteiger partial charge in [0, 0.05) is 22.5 Å². The lowest BCUT2D eigenvalue weighted by atomic mass is 9.87. The minimum absolute atomic E-state index is 0.0753. The quantitative estimate of drug-likeness (QED) is 0.566. The minimum atomic E-state index is -0.353. The van der Waals surface area contributed by atoms with Gasteiger partial charge in [0.25, 0.3) is 0 Å². The Morgan fingerprint density at radius 1 is 1.32 bits per heavy atom. The van der Waals surface area contributed by atoms with E-state index in [1.54, 1.807) is 0 Å². The lowest BCUT2D eigenvalue weighted by molar-refractivity contribution is -0.121. The third-order valence-corrected chi connectivity index (χ3v) is 6.65. The van der Waals surface area contributed by atoms with Crippen molar-refractivity contribution >= 4 is 45.2 Å². The summed E-state index contributed by atoms with van der Waals surface area (Å²) in [6.07, 6.45) is 0.186. The summed E-state index contributed by atoms with van der Waals surface area (Å²) in [6.45, 7) is 4.42. The Balaban J connectivity index is 1.73. The van der Waals surface area contributed by atoms with Crippen LogP contribution in [0.5, 0.6) is 5.75 Å². The molecular weight excluding hydrogens is 478 g/mol. The summed E-state index contributed by atoms with van der Waals surface area (Å²) in [6, 6.07) is 15.2. The monoisotopic (exact) mass is 499 g/mol. The SMILES string of the molecule is CCOc1ccc([C@H]2CC(=O)NC(SCC(=O)Nc3ccc(Br)c(C)c3)=C2C#N)cc1. The first-order chi connectivity index (χ1) is 14.9. The van der Waals surface area contributed by atoms with E-state index < -0.39 is 0 Å². The van der Waals surface area contributed by atoms with Gasteiger partial charge in [-0.25, -0.2) is 0 Å². The first kappa shape index (κ1) is 22.9. The van der Waals surface area contributed by atoms with Crippen LogP contribution in [0.3, 0.4) is 0 Å². The summed E-state index contributed by atoms with van der Waals surface area (Å²) in [5.41, 5.74) is 3.03. The summed E-state index contributed by atoms with van der Waals surface area (Å²) < 4.78 is 6.43. The lowest BCUT2D eigenvalue weighted by Gasteiger charge is -2.25. The van der Waals surface area contributed by atoms with Gasteiger partial charge in [-0.3, -0.25) is 9.59 Å². The van der Waals surface area contributed by atoms with Crippen LogP contribution in [0.2, 0.25) is 0 Å². The highest BCUT2D eigenvalue weighted by Gasteiger charge is 2.29. The number of carbonyl (C=O) groups excluding carboxylic acids is 2. The number of nitrogens with one attached hydrogen (secondary N) is 2. The maximum Gasteiger partial charge on any atom is 0.234 e. The van der Waals surface area contributed by atoms with Crippen LogP contribution in [-0.4, -0.2) is 24.2 Å². The van der Waals surface area contributed by atoms with Gasteiger partial charge < -0.3 is 15.4 Å². The van der Waals surface area contributed by atoms with Gasteiger partial charge in [-0.1, -0.05) is 39.8 Å². The molecule has 2 amide bonds. The number of anilines is 1. The van der Waals surface area contributed by atoms with Crippen LogP contribution >= 0.6 is 27.7 Å². The van der Waals surface area contributed by atoms with E-state index in [1.165, 1.54) is 0 Å². The van der Waals surface area contributed by atoms with E-state index in [2.05, 4.69) is 32.6 Å². The maximum atomic E-state index is 12.4. The molecule has 0 aliphatic carbocycles. The van der Waals surface area contributed by atoms with Crippen molar-refractivity contribution in [3.63, 3.8) is 0 Å². The van der Waals surface area contributed by atoms with Crippen molar-refractivity contribution in [1.82, 2.24) is 5.32 Å². The highest BCUT2D eigenvalue weighted by Crippen LogP contribution is 2.36. The topological polar surface area (TPSA) is 91.2 Å². The van der Waals surface area contributed by atoms with E-state index in [-0.39, 0.29) is 29.9 Å². The van der Waals surface area contributed by atoms with Crippen LogP contribution < -0.4 is 15.4 Å². The minimum Gasteiger partial charge on any atom is -0.494 e. The molecule has 0 spiro atoms. The number of allylic oxidation sites excluding steroid dienone is 1. The zero-order valence-electron chi connectivity index (χ0n) is 17.2. The molecule has 0 saturated heterocycles. The molecule has 1 aliphatic heterocycles. The van der Waals surface area contributed by atoms with Crippen LogP contribution in [0.4, 0.5) is 5.69 Å². The second-order valence-electron chi connectivity index (χ2n) is 6.96. The molecule has 0 aromatic heterocycles. The molecule has 8 heteroatoms. The Bertz CT molecular complexity index is 1060. The standard InChI is InChI=1S/C23H22BrN3O3S/c1-3-30-17-7-4-15(5-8-17)18-11-21(28)27-23(19(18)12-25)31-13-22(29)26-16-6-9-20(24)14(2)10-16/h4-10,18H,3,11,13H2,1-2H3,(H,26,29)(H,27,28)/t18-/m1/s1. The van der Waals surface area contributed by atoms with E-state index in [4.69, 9.17) is 4.74 Å². The highest BCUT2D eigenvalue weighted by molar-refractivity contribution is 9.10. The van der Waals surface area contributed by atoms with Crippen molar-refractivity contribution in [2.75, 3.05) is 17.7 Å². The first-order valence-corrected chi connectivity index (χ1v) is 11.5. The highest BCUT2D eigenvalue weighted by atomic mass is 79.9. The molecule has 2 N–H and O–H groups in total. The zero-order chi connectivity index (χ0) is 22.4. The number of aryl methyl sites for hydroxylation is 1. The molecule has 1 aliphatic rings. The molecule has 1 heterocycles. The third-order valence-electron chi connectivity index (χ3n) is 4.74. The number of benzene rings is 2. The van der Waals surface area contributed by atoms with E-state index >= 15 is 0 Å². The molecule has 0 radical (unpaired) electrons. The van der Waals surface area contributed by atoms with E-state index in [0.29, 0.717) is 22.9 Å². The van der Waals surface area contributed by atoms with Crippen LogP contribution in [-0.2, 0) is 9.59 Å². The maximum absolute atomic E-state index is 12.4. The van der Waals surface area contributed by atoms with Gasteiger partial charge >= 0.3 is 0 Å². The Kier molecular flexibility index (Phi) is 7.77. The van der Waals surface area contributed by atoms with E-state index in [1.807, 2.05) is 56.3 Å². The number of amides is 2. The van der Waals surface area contributed by atoms with E-state index in [0.717, 1.165) is 33.1 Å². The van der Waals surface area contributed by atoms with Gasteiger partial charge in [0.05, 0.1) is 29.0 Å². The number of nitrogens with zero attached hydrogens (tertiary/aromatic N) is 1. The largest absolute Gasteiger partial charge is 0.494 e. The average molecular weight is 500 g/mol. The third kappa shape index (κ3) is 5.90. The molecule has 6 nitrogen and oxygen atoms in total. The first-order valence-electron chi connectivity index (χ1n) is 9.77. The predicted molar refractivity (Wildman–Crippen MR) is 126 cm³/mol. The Hall–Kier alpha value is -2.76. The molecule has 2 aromatic carbocycles. The number of hydrogen-bond donors (Lipinski definition) is 2. The Morgan fingerprint density at radius 2 is 2.06 bits per heavy atom. The summed E-state index contributed by atoms with van der Waals surface area (Å²) in [5.74, 6) is 0.0714. The predicted octanol–water partition coefficient (Wildman–Crippen LogP) is 4.87. The van der Waals surface area contributed by atoms with Crippen molar-refractivity contribution in [3.8, 4) is 11.8 Å². The fourth-order valence-electron chi connectivity index (χ4n) is 3.24. The normalized spacial score (nSPS) is 15.8. The van der Waals surface area contributed by atoms with Crippen molar-refractivity contribution in [3.05, 3.63) is 68.7 Å². The number of thioether (sulfide) groups is 1. The van der Waals surface area contributed by atoms with Gasteiger partial charge in [-0.2, -0.15) is 5.26 Å². The second-order valence-corrected chi connectivity index (χ2v) is 8.80. The molecular formula is C23H22BrN3O3S. The van der Waals surface area contributed by atoms with Gasteiger partial charge in [-0.05, 0) is 55.3 Å². The Morgan fingerprint density at radius 3 is 2.71 bits per heavy atom. The van der Waals surface area contributed by atoms with Gasteiger partial charge in [0.15, 0.2) is 0 Å². The Labute approximate surface area is 194 Å². The molecule has 160 valence electrons. The van der Waals surface area contributed by atoms with Crippen LogP contribution in [0.15, 0.2) is 57.5 Å². The lowest BCUT2D eigenvalue weighted by Crippen LogP contribution is -2.31. The molecule has 1 atom stereocenters. The van der Waals surface area contributed by atoms with Crippen LogP contribution in [0.25, 0.3) is 0 Å². The molecule has 0 bridgehead atoms.